The fourth-order valence-corrected chi connectivity index (χ4v) is 2.00. The maximum absolute atomic E-state index is 13.2. The lowest BCUT2D eigenvalue weighted by atomic mass is 10.1. The molecule has 0 saturated carbocycles. The first-order chi connectivity index (χ1) is 10.1. The van der Waals surface area contributed by atoms with Crippen LogP contribution >= 0.6 is 0 Å². The third-order valence-electron chi connectivity index (χ3n) is 3.09. The van der Waals surface area contributed by atoms with Gasteiger partial charge in [-0.2, -0.15) is 0 Å². The van der Waals surface area contributed by atoms with E-state index < -0.39 is 10.7 Å². The first-order valence-electron chi connectivity index (χ1n) is 6.56. The SMILES string of the molecule is NCCc1ccc(CNc2cc(F)ccc2[N+](=O)[O-])cc1. The monoisotopic (exact) mass is 289 g/mol. The van der Waals surface area contributed by atoms with Gasteiger partial charge in [0.05, 0.1) is 4.92 Å². The van der Waals surface area contributed by atoms with Crippen LogP contribution in [-0.4, -0.2) is 11.5 Å². The maximum atomic E-state index is 13.2. The summed E-state index contributed by atoms with van der Waals surface area (Å²) < 4.78 is 13.2. The maximum Gasteiger partial charge on any atom is 0.292 e. The molecule has 0 aliphatic carbocycles. The Morgan fingerprint density at radius 2 is 1.81 bits per heavy atom. The second kappa shape index (κ2) is 6.81. The molecular formula is C15H16FN3O2. The standard InChI is InChI=1S/C15H16FN3O2/c16-13-5-6-15(19(20)21)14(9-13)18-10-12-3-1-11(2-4-12)7-8-17/h1-6,9,18H,7-8,10,17H2. The Hall–Kier alpha value is -2.47. The molecule has 2 aromatic rings. The van der Waals surface area contributed by atoms with E-state index in [0.717, 1.165) is 35.7 Å². The second-order valence-electron chi connectivity index (χ2n) is 4.63. The van der Waals surface area contributed by atoms with Gasteiger partial charge in [0.25, 0.3) is 5.69 Å². The lowest BCUT2D eigenvalue weighted by Gasteiger charge is -2.08. The van der Waals surface area contributed by atoms with Gasteiger partial charge in [-0.05, 0) is 30.2 Å². The number of halogens is 1. The molecule has 2 aromatic carbocycles. The Bertz CT molecular complexity index is 629. The first-order valence-corrected chi connectivity index (χ1v) is 6.56. The third-order valence-corrected chi connectivity index (χ3v) is 3.09. The minimum Gasteiger partial charge on any atom is -0.375 e. The van der Waals surface area contributed by atoms with Crippen LogP contribution < -0.4 is 11.1 Å². The molecule has 5 nitrogen and oxygen atoms in total. The van der Waals surface area contributed by atoms with E-state index in [1.165, 1.54) is 0 Å². The van der Waals surface area contributed by atoms with Crippen molar-refractivity contribution in [2.75, 3.05) is 11.9 Å². The summed E-state index contributed by atoms with van der Waals surface area (Å²) in [4.78, 5) is 10.4. The van der Waals surface area contributed by atoms with Gasteiger partial charge < -0.3 is 11.1 Å². The number of benzene rings is 2. The van der Waals surface area contributed by atoms with Gasteiger partial charge in [0, 0.05) is 18.7 Å². The molecule has 0 heterocycles. The second-order valence-corrected chi connectivity index (χ2v) is 4.63. The van der Waals surface area contributed by atoms with Gasteiger partial charge in [-0.15, -0.1) is 0 Å². The number of nitro groups is 1. The predicted octanol–water partition coefficient (Wildman–Crippen LogP) is 2.85. The van der Waals surface area contributed by atoms with Crippen LogP contribution in [0.2, 0.25) is 0 Å². The summed E-state index contributed by atoms with van der Waals surface area (Å²) in [6.45, 7) is 0.973. The molecule has 0 radical (unpaired) electrons. The van der Waals surface area contributed by atoms with Gasteiger partial charge in [-0.25, -0.2) is 4.39 Å². The Labute approximate surface area is 121 Å². The van der Waals surface area contributed by atoms with Crippen LogP contribution in [-0.2, 0) is 13.0 Å². The molecule has 0 saturated heterocycles. The van der Waals surface area contributed by atoms with Crippen molar-refractivity contribution < 1.29 is 9.31 Å². The van der Waals surface area contributed by atoms with Crippen molar-refractivity contribution in [1.29, 1.82) is 0 Å². The topological polar surface area (TPSA) is 81.2 Å². The summed E-state index contributed by atoms with van der Waals surface area (Å²) in [5.41, 5.74) is 7.60. The Balaban J connectivity index is 2.08. The van der Waals surface area contributed by atoms with Gasteiger partial charge in [0.1, 0.15) is 11.5 Å². The molecule has 0 aromatic heterocycles. The van der Waals surface area contributed by atoms with E-state index in [9.17, 15) is 14.5 Å². The molecule has 0 aliphatic rings. The summed E-state index contributed by atoms with van der Waals surface area (Å²) >= 11 is 0. The summed E-state index contributed by atoms with van der Waals surface area (Å²) in [6, 6.07) is 11.1. The van der Waals surface area contributed by atoms with E-state index in [-0.39, 0.29) is 11.4 Å². The molecule has 2 rings (SSSR count). The highest BCUT2D eigenvalue weighted by molar-refractivity contribution is 5.61. The number of anilines is 1. The molecule has 0 atom stereocenters. The van der Waals surface area contributed by atoms with Gasteiger partial charge in [0.2, 0.25) is 0 Å². The zero-order valence-electron chi connectivity index (χ0n) is 11.4. The minimum absolute atomic E-state index is 0.142. The average Bonchev–Trinajstić information content (AvgIpc) is 2.46. The smallest absolute Gasteiger partial charge is 0.292 e. The minimum atomic E-state index is -0.536. The van der Waals surface area contributed by atoms with E-state index in [2.05, 4.69) is 5.32 Å². The lowest BCUT2D eigenvalue weighted by molar-refractivity contribution is -0.384. The molecule has 0 bridgehead atoms. The van der Waals surface area contributed by atoms with Crippen molar-refractivity contribution in [3.63, 3.8) is 0 Å². The zero-order chi connectivity index (χ0) is 15.2. The van der Waals surface area contributed by atoms with Crippen molar-refractivity contribution in [3.8, 4) is 0 Å². The summed E-state index contributed by atoms with van der Waals surface area (Å²) in [7, 11) is 0. The van der Waals surface area contributed by atoms with Crippen LogP contribution in [0, 0.1) is 15.9 Å². The molecule has 0 spiro atoms. The molecule has 0 unspecified atom stereocenters. The molecule has 6 heteroatoms. The number of hydrogen-bond donors (Lipinski definition) is 2. The van der Waals surface area contributed by atoms with Crippen molar-refractivity contribution in [2.24, 2.45) is 5.73 Å². The number of rotatable bonds is 6. The highest BCUT2D eigenvalue weighted by atomic mass is 19.1. The highest BCUT2D eigenvalue weighted by Gasteiger charge is 2.13. The number of nitrogens with two attached hydrogens (primary N) is 1. The summed E-state index contributed by atoms with van der Waals surface area (Å²) in [5, 5.41) is 13.8. The normalized spacial score (nSPS) is 10.4. The van der Waals surface area contributed by atoms with Crippen LogP contribution in [0.15, 0.2) is 42.5 Å². The Kier molecular flexibility index (Phi) is 4.84. The molecule has 110 valence electrons. The highest BCUT2D eigenvalue weighted by Crippen LogP contribution is 2.25. The Morgan fingerprint density at radius 1 is 1.14 bits per heavy atom. The van der Waals surface area contributed by atoms with Gasteiger partial charge in [-0.3, -0.25) is 10.1 Å². The molecular weight excluding hydrogens is 273 g/mol. The van der Waals surface area contributed by atoms with E-state index in [4.69, 9.17) is 5.73 Å². The van der Waals surface area contributed by atoms with Gasteiger partial charge >= 0.3 is 0 Å². The largest absolute Gasteiger partial charge is 0.375 e. The van der Waals surface area contributed by atoms with E-state index >= 15 is 0 Å². The Morgan fingerprint density at radius 3 is 2.43 bits per heavy atom. The van der Waals surface area contributed by atoms with Gasteiger partial charge in [-0.1, -0.05) is 24.3 Å². The predicted molar refractivity (Wildman–Crippen MR) is 79.6 cm³/mol. The van der Waals surface area contributed by atoms with Crippen molar-refractivity contribution in [1.82, 2.24) is 0 Å². The van der Waals surface area contributed by atoms with E-state index in [1.54, 1.807) is 0 Å². The quantitative estimate of drug-likeness (QED) is 0.633. The fourth-order valence-electron chi connectivity index (χ4n) is 2.00. The van der Waals surface area contributed by atoms with E-state index in [0.29, 0.717) is 13.1 Å². The number of nitrogens with zero attached hydrogens (tertiary/aromatic N) is 1. The van der Waals surface area contributed by atoms with Crippen molar-refractivity contribution in [2.45, 2.75) is 13.0 Å². The summed E-state index contributed by atoms with van der Waals surface area (Å²) in [6.07, 6.45) is 0.809. The van der Waals surface area contributed by atoms with Gasteiger partial charge in [0.15, 0.2) is 0 Å². The van der Waals surface area contributed by atoms with Crippen LogP contribution in [0.1, 0.15) is 11.1 Å². The van der Waals surface area contributed by atoms with Crippen LogP contribution in [0.25, 0.3) is 0 Å². The first kappa shape index (κ1) is 14.9. The van der Waals surface area contributed by atoms with Crippen LogP contribution in [0.3, 0.4) is 0 Å². The number of hydrogen-bond acceptors (Lipinski definition) is 4. The van der Waals surface area contributed by atoms with Crippen LogP contribution in [0.5, 0.6) is 0 Å². The fraction of sp³-hybridized carbons (Fsp3) is 0.200. The van der Waals surface area contributed by atoms with Crippen LogP contribution in [0.4, 0.5) is 15.8 Å². The molecule has 0 fully saturated rings. The lowest BCUT2D eigenvalue weighted by Crippen LogP contribution is -2.04. The number of nitrogens with one attached hydrogen (secondary N) is 1. The zero-order valence-corrected chi connectivity index (χ0v) is 11.4. The summed E-state index contributed by atoms with van der Waals surface area (Å²) in [5.74, 6) is -0.513. The van der Waals surface area contributed by atoms with Crippen molar-refractivity contribution >= 4 is 11.4 Å². The molecule has 3 N–H and O–H groups in total. The molecule has 0 amide bonds. The number of nitro benzene ring substituents is 1. The molecule has 21 heavy (non-hydrogen) atoms. The average molecular weight is 289 g/mol. The van der Waals surface area contributed by atoms with E-state index in [1.807, 2.05) is 24.3 Å². The third kappa shape index (κ3) is 4.00. The van der Waals surface area contributed by atoms with Crippen molar-refractivity contribution in [3.05, 3.63) is 69.5 Å². The molecule has 0 aliphatic heterocycles.